The lowest BCUT2D eigenvalue weighted by Crippen LogP contribution is -2.12. The van der Waals surface area contributed by atoms with E-state index in [9.17, 15) is 9.50 Å². The number of pyridine rings is 1. The topological polar surface area (TPSA) is 33.1 Å². The van der Waals surface area contributed by atoms with Gasteiger partial charge in [0.1, 0.15) is 5.82 Å². The summed E-state index contributed by atoms with van der Waals surface area (Å²) in [4.78, 5) is 4.92. The number of halogens is 1. The monoisotopic (exact) mass is 347 g/mol. The first kappa shape index (κ1) is 18.9. The summed E-state index contributed by atoms with van der Waals surface area (Å²) in [6.07, 6.45) is 2.06. The summed E-state index contributed by atoms with van der Waals surface area (Å²) in [5.41, 5.74) is 5.99. The van der Waals surface area contributed by atoms with Gasteiger partial charge in [-0.05, 0) is 46.9 Å². The Hall–Kier alpha value is -1.39. The van der Waals surface area contributed by atoms with E-state index < -0.39 is 0 Å². The van der Waals surface area contributed by atoms with Gasteiger partial charge in [-0.2, -0.15) is 11.8 Å². The average Bonchev–Trinajstić information content (AvgIpc) is 2.54. The molecule has 0 radical (unpaired) electrons. The minimum absolute atomic E-state index is 0.0625. The lowest BCUT2D eigenvalue weighted by Gasteiger charge is -2.23. The van der Waals surface area contributed by atoms with Crippen LogP contribution in [0.25, 0.3) is 11.1 Å². The maximum atomic E-state index is 13.4. The molecule has 2 nitrogen and oxygen atoms in total. The second kappa shape index (κ2) is 8.13. The molecule has 2 aromatic rings. The molecule has 2 rings (SSSR count). The van der Waals surface area contributed by atoms with Gasteiger partial charge < -0.3 is 5.11 Å². The van der Waals surface area contributed by atoms with Crippen LogP contribution in [0, 0.1) is 5.82 Å². The maximum Gasteiger partial charge on any atom is 0.123 e. The van der Waals surface area contributed by atoms with Gasteiger partial charge in [0.15, 0.2) is 0 Å². The summed E-state index contributed by atoms with van der Waals surface area (Å²) < 4.78 is 13.4. The van der Waals surface area contributed by atoms with Crippen molar-refractivity contribution in [2.45, 2.75) is 51.9 Å². The van der Waals surface area contributed by atoms with Crippen LogP contribution in [-0.4, -0.2) is 16.3 Å². The Morgan fingerprint density at radius 2 is 1.54 bits per heavy atom. The Kier molecular flexibility index (Phi) is 6.41. The van der Waals surface area contributed by atoms with Gasteiger partial charge in [-0.1, -0.05) is 39.8 Å². The van der Waals surface area contributed by atoms with Crippen molar-refractivity contribution in [2.75, 3.05) is 6.26 Å². The molecule has 0 aliphatic rings. The van der Waals surface area contributed by atoms with Crippen LogP contribution in [0.5, 0.6) is 0 Å². The largest absolute Gasteiger partial charge is 0.392 e. The first-order valence-electron chi connectivity index (χ1n) is 8.31. The van der Waals surface area contributed by atoms with Crippen molar-refractivity contribution in [1.82, 2.24) is 4.98 Å². The van der Waals surface area contributed by atoms with E-state index in [4.69, 9.17) is 4.98 Å². The van der Waals surface area contributed by atoms with Gasteiger partial charge in [0.25, 0.3) is 0 Å². The standard InChI is InChI=1S/C20H26FNOS/c1-12(2)19-16(10-23)18(14-6-8-15(21)9-7-14)17(11-24-5)20(22-19)13(3)4/h6-9,12-13,23H,10-11H2,1-5H3. The predicted octanol–water partition coefficient (Wildman–Crippen LogP) is 5.49. The van der Waals surface area contributed by atoms with Crippen LogP contribution in [0.2, 0.25) is 0 Å². The molecule has 0 fully saturated rings. The van der Waals surface area contributed by atoms with Gasteiger partial charge in [-0.25, -0.2) is 4.39 Å². The third-order valence-electron chi connectivity index (χ3n) is 4.14. The minimum Gasteiger partial charge on any atom is -0.392 e. The molecule has 0 atom stereocenters. The zero-order chi connectivity index (χ0) is 17.9. The number of benzene rings is 1. The molecule has 0 unspecified atom stereocenters. The van der Waals surface area contributed by atoms with E-state index in [1.54, 1.807) is 23.9 Å². The fraction of sp³-hybridized carbons (Fsp3) is 0.450. The minimum atomic E-state index is -0.252. The smallest absolute Gasteiger partial charge is 0.123 e. The second-order valence-electron chi connectivity index (χ2n) is 6.62. The average molecular weight is 347 g/mol. The first-order chi connectivity index (χ1) is 11.4. The zero-order valence-electron chi connectivity index (χ0n) is 15.1. The second-order valence-corrected chi connectivity index (χ2v) is 7.49. The number of thioether (sulfide) groups is 1. The van der Waals surface area contributed by atoms with Crippen molar-refractivity contribution in [2.24, 2.45) is 0 Å². The van der Waals surface area contributed by atoms with Crippen LogP contribution in [0.3, 0.4) is 0 Å². The molecule has 1 heterocycles. The number of hydrogen-bond acceptors (Lipinski definition) is 3. The third-order valence-corrected chi connectivity index (χ3v) is 4.71. The first-order valence-corrected chi connectivity index (χ1v) is 9.71. The van der Waals surface area contributed by atoms with Crippen molar-refractivity contribution in [3.63, 3.8) is 0 Å². The van der Waals surface area contributed by atoms with Gasteiger partial charge >= 0.3 is 0 Å². The highest BCUT2D eigenvalue weighted by Gasteiger charge is 2.23. The molecule has 4 heteroatoms. The van der Waals surface area contributed by atoms with Gasteiger partial charge in [0.05, 0.1) is 6.61 Å². The lowest BCUT2D eigenvalue weighted by atomic mass is 9.88. The summed E-state index contributed by atoms with van der Waals surface area (Å²) in [7, 11) is 0. The molecule has 1 aromatic carbocycles. The van der Waals surface area contributed by atoms with Crippen LogP contribution in [0.4, 0.5) is 4.39 Å². The molecule has 1 aromatic heterocycles. The van der Waals surface area contributed by atoms with Crippen LogP contribution in [0.1, 0.15) is 62.0 Å². The molecular formula is C20H26FNOS. The van der Waals surface area contributed by atoms with Crippen molar-refractivity contribution in [1.29, 1.82) is 0 Å². The molecule has 130 valence electrons. The summed E-state index contributed by atoms with van der Waals surface area (Å²) in [6, 6.07) is 6.54. The lowest BCUT2D eigenvalue weighted by molar-refractivity contribution is 0.279. The molecule has 24 heavy (non-hydrogen) atoms. The van der Waals surface area contributed by atoms with Gasteiger partial charge in [0.2, 0.25) is 0 Å². The quantitative estimate of drug-likeness (QED) is 0.750. The molecule has 0 saturated heterocycles. The molecule has 0 spiro atoms. The Morgan fingerprint density at radius 1 is 1.00 bits per heavy atom. The molecular weight excluding hydrogens is 321 g/mol. The Bertz CT molecular complexity index is 696. The number of aromatic nitrogens is 1. The van der Waals surface area contributed by atoms with Crippen LogP contribution in [-0.2, 0) is 12.4 Å². The highest BCUT2D eigenvalue weighted by Crippen LogP contribution is 2.38. The van der Waals surface area contributed by atoms with E-state index >= 15 is 0 Å². The van der Waals surface area contributed by atoms with E-state index in [0.717, 1.165) is 39.4 Å². The maximum absolute atomic E-state index is 13.4. The van der Waals surface area contributed by atoms with Crippen molar-refractivity contribution >= 4 is 11.8 Å². The molecule has 0 amide bonds. The summed E-state index contributed by atoms with van der Waals surface area (Å²) in [5.74, 6) is 1.07. The van der Waals surface area contributed by atoms with E-state index in [1.165, 1.54) is 12.1 Å². The number of aliphatic hydroxyl groups is 1. The molecule has 0 aliphatic heterocycles. The van der Waals surface area contributed by atoms with Crippen molar-refractivity contribution in [3.8, 4) is 11.1 Å². The number of nitrogens with zero attached hydrogens (tertiary/aromatic N) is 1. The van der Waals surface area contributed by atoms with Crippen LogP contribution in [0.15, 0.2) is 24.3 Å². The number of aliphatic hydroxyl groups excluding tert-OH is 1. The van der Waals surface area contributed by atoms with Gasteiger partial charge in [-0.3, -0.25) is 4.98 Å². The summed E-state index contributed by atoms with van der Waals surface area (Å²) in [5, 5.41) is 10.1. The molecule has 0 saturated carbocycles. The Labute approximate surface area is 148 Å². The summed E-state index contributed by atoms with van der Waals surface area (Å²) in [6.45, 7) is 8.40. The van der Waals surface area contributed by atoms with E-state index in [-0.39, 0.29) is 24.3 Å². The normalized spacial score (nSPS) is 11.5. The molecule has 0 bridgehead atoms. The Morgan fingerprint density at radius 3 is 2.00 bits per heavy atom. The van der Waals surface area contributed by atoms with Gasteiger partial charge in [-0.15, -0.1) is 0 Å². The van der Waals surface area contributed by atoms with E-state index in [2.05, 4.69) is 34.0 Å². The van der Waals surface area contributed by atoms with E-state index in [1.807, 2.05) is 0 Å². The fourth-order valence-corrected chi connectivity index (χ4v) is 3.65. The van der Waals surface area contributed by atoms with Gasteiger partial charge in [0, 0.05) is 22.7 Å². The van der Waals surface area contributed by atoms with E-state index in [0.29, 0.717) is 0 Å². The highest BCUT2D eigenvalue weighted by molar-refractivity contribution is 7.97. The Balaban J connectivity index is 2.86. The molecule has 1 N–H and O–H groups in total. The van der Waals surface area contributed by atoms with Crippen molar-refractivity contribution < 1.29 is 9.50 Å². The zero-order valence-corrected chi connectivity index (χ0v) is 15.9. The highest BCUT2D eigenvalue weighted by atomic mass is 32.2. The van der Waals surface area contributed by atoms with Crippen LogP contribution < -0.4 is 0 Å². The number of rotatable bonds is 6. The summed E-state index contributed by atoms with van der Waals surface area (Å²) >= 11 is 1.74. The number of hydrogen-bond donors (Lipinski definition) is 1. The predicted molar refractivity (Wildman–Crippen MR) is 101 cm³/mol. The third kappa shape index (κ3) is 3.81. The van der Waals surface area contributed by atoms with Crippen LogP contribution >= 0.6 is 11.8 Å². The van der Waals surface area contributed by atoms with Crippen molar-refractivity contribution in [3.05, 3.63) is 52.6 Å². The molecule has 0 aliphatic carbocycles. The SMILES string of the molecule is CSCc1c(C(C)C)nc(C(C)C)c(CO)c1-c1ccc(F)cc1. The fourth-order valence-electron chi connectivity index (χ4n) is 3.07.